The summed E-state index contributed by atoms with van der Waals surface area (Å²) in [7, 11) is -0.733. The Kier molecular flexibility index (Phi) is 6.13. The summed E-state index contributed by atoms with van der Waals surface area (Å²) in [4.78, 5) is 41.2. The number of nitrogens with zero attached hydrogens (tertiary/aromatic N) is 5. The molecule has 2 aromatic heterocycles. The highest BCUT2D eigenvalue weighted by Gasteiger charge is 2.21. The lowest BCUT2D eigenvalue weighted by atomic mass is 10.3. The number of hydrogen-bond donors (Lipinski definition) is 1. The Labute approximate surface area is 178 Å². The van der Waals surface area contributed by atoms with E-state index in [-0.39, 0.29) is 22.6 Å². The van der Waals surface area contributed by atoms with Gasteiger partial charge in [-0.25, -0.2) is 18.2 Å². The molecule has 1 N–H and O–H groups in total. The molecule has 31 heavy (non-hydrogen) atoms. The maximum atomic E-state index is 12.5. The van der Waals surface area contributed by atoms with Crippen LogP contribution in [-0.2, 0) is 35.5 Å². The van der Waals surface area contributed by atoms with Crippen molar-refractivity contribution < 1.29 is 13.2 Å². The summed E-state index contributed by atoms with van der Waals surface area (Å²) in [5.74, 6) is -0.436. The first-order valence-corrected chi connectivity index (χ1v) is 11.1. The molecule has 0 fully saturated rings. The molecule has 12 heteroatoms. The van der Waals surface area contributed by atoms with Crippen LogP contribution in [0.25, 0.3) is 11.2 Å². The number of anilines is 1. The molecule has 0 aliphatic carbocycles. The van der Waals surface area contributed by atoms with Gasteiger partial charge in [0.25, 0.3) is 5.56 Å². The molecule has 1 amide bonds. The molecule has 0 spiro atoms. The van der Waals surface area contributed by atoms with Crippen molar-refractivity contribution in [3.8, 4) is 0 Å². The van der Waals surface area contributed by atoms with Crippen molar-refractivity contribution in [3.05, 3.63) is 51.4 Å². The van der Waals surface area contributed by atoms with E-state index in [4.69, 9.17) is 0 Å². The SMILES string of the molecule is CCN(CC)S(=O)(=O)c1ccc(NC(=O)Cn2cnc3c2c(=O)n(C)c(=O)n3C)cc1. The smallest absolute Gasteiger partial charge is 0.325 e. The van der Waals surface area contributed by atoms with Crippen molar-refractivity contribution in [2.45, 2.75) is 25.3 Å². The maximum Gasteiger partial charge on any atom is 0.332 e. The summed E-state index contributed by atoms with van der Waals surface area (Å²) in [6.45, 7) is 4.05. The van der Waals surface area contributed by atoms with Crippen molar-refractivity contribution in [3.63, 3.8) is 0 Å². The Morgan fingerprint density at radius 1 is 1.06 bits per heavy atom. The molecule has 0 bridgehead atoms. The zero-order valence-corrected chi connectivity index (χ0v) is 18.5. The van der Waals surface area contributed by atoms with Gasteiger partial charge in [-0.3, -0.25) is 18.7 Å². The predicted molar refractivity (Wildman–Crippen MR) is 115 cm³/mol. The van der Waals surface area contributed by atoms with Crippen LogP contribution in [0.2, 0.25) is 0 Å². The number of rotatable bonds is 7. The quantitative estimate of drug-likeness (QED) is 0.546. The van der Waals surface area contributed by atoms with Gasteiger partial charge in [0.1, 0.15) is 6.54 Å². The topological polar surface area (TPSA) is 128 Å². The van der Waals surface area contributed by atoms with Gasteiger partial charge in [0.2, 0.25) is 15.9 Å². The third-order valence-corrected chi connectivity index (χ3v) is 7.08. The second-order valence-corrected chi connectivity index (χ2v) is 8.85. The van der Waals surface area contributed by atoms with Crippen LogP contribution in [0.3, 0.4) is 0 Å². The molecule has 2 heterocycles. The third-order valence-electron chi connectivity index (χ3n) is 5.01. The van der Waals surface area contributed by atoms with Crippen LogP contribution >= 0.6 is 0 Å². The van der Waals surface area contributed by atoms with Crippen LogP contribution in [-0.4, -0.2) is 50.4 Å². The van der Waals surface area contributed by atoms with Crippen LogP contribution in [0.15, 0.2) is 45.1 Å². The van der Waals surface area contributed by atoms with Crippen molar-refractivity contribution in [1.29, 1.82) is 0 Å². The molecule has 0 saturated carbocycles. The van der Waals surface area contributed by atoms with Gasteiger partial charge in [-0.15, -0.1) is 0 Å². The van der Waals surface area contributed by atoms with E-state index in [2.05, 4.69) is 10.3 Å². The number of fused-ring (bicyclic) bond motifs is 1. The Hall–Kier alpha value is -3.25. The van der Waals surface area contributed by atoms with Crippen molar-refractivity contribution >= 4 is 32.8 Å². The van der Waals surface area contributed by atoms with E-state index in [0.717, 1.165) is 4.57 Å². The lowest BCUT2D eigenvalue weighted by Gasteiger charge is -2.18. The summed E-state index contributed by atoms with van der Waals surface area (Å²) >= 11 is 0. The molecule has 0 saturated heterocycles. The van der Waals surface area contributed by atoms with E-state index in [1.54, 1.807) is 13.8 Å². The first-order valence-electron chi connectivity index (χ1n) is 9.62. The number of amides is 1. The number of aryl methyl sites for hydroxylation is 1. The standard InChI is InChI=1S/C19H24N6O5S/c1-5-25(6-2)31(29,30)14-9-7-13(8-10-14)21-15(26)11-24-12-20-17-16(24)18(27)23(4)19(28)22(17)3/h7-10,12H,5-6,11H2,1-4H3,(H,21,26). The first-order chi connectivity index (χ1) is 14.6. The number of hydrogen-bond acceptors (Lipinski definition) is 6. The van der Waals surface area contributed by atoms with Crippen molar-refractivity contribution in [1.82, 2.24) is 23.0 Å². The molecule has 0 aliphatic rings. The molecule has 3 rings (SSSR count). The minimum absolute atomic E-state index is 0.138. The van der Waals surface area contributed by atoms with Gasteiger partial charge in [0.05, 0.1) is 11.2 Å². The maximum absolute atomic E-state index is 12.5. The Morgan fingerprint density at radius 2 is 1.68 bits per heavy atom. The van der Waals surface area contributed by atoms with Gasteiger partial charge in [-0.05, 0) is 24.3 Å². The number of carbonyl (C=O) groups excluding carboxylic acids is 1. The molecule has 3 aromatic rings. The van der Waals surface area contributed by atoms with Gasteiger partial charge in [0.15, 0.2) is 11.2 Å². The predicted octanol–water partition coefficient (Wildman–Crippen LogP) is 0.103. The summed E-state index contributed by atoms with van der Waals surface area (Å²) in [6, 6.07) is 5.87. The summed E-state index contributed by atoms with van der Waals surface area (Å²) < 4.78 is 30.0. The zero-order valence-electron chi connectivity index (χ0n) is 17.7. The molecule has 0 aliphatic heterocycles. The van der Waals surface area contributed by atoms with Crippen LogP contribution < -0.4 is 16.6 Å². The highest BCUT2D eigenvalue weighted by atomic mass is 32.2. The van der Waals surface area contributed by atoms with Gasteiger partial charge in [-0.1, -0.05) is 13.8 Å². The minimum atomic E-state index is -3.58. The van der Waals surface area contributed by atoms with Crippen LogP contribution in [0, 0.1) is 0 Å². The fourth-order valence-electron chi connectivity index (χ4n) is 3.29. The average Bonchev–Trinajstić information content (AvgIpc) is 3.15. The average molecular weight is 449 g/mol. The number of carbonyl (C=O) groups is 1. The Bertz CT molecular complexity index is 1350. The van der Waals surface area contributed by atoms with Crippen LogP contribution in [0.5, 0.6) is 0 Å². The van der Waals surface area contributed by atoms with Gasteiger partial charge in [0, 0.05) is 32.9 Å². The van der Waals surface area contributed by atoms with E-state index >= 15 is 0 Å². The van der Waals surface area contributed by atoms with E-state index < -0.39 is 27.2 Å². The molecule has 0 unspecified atom stereocenters. The minimum Gasteiger partial charge on any atom is -0.325 e. The molecular weight excluding hydrogens is 424 g/mol. The summed E-state index contributed by atoms with van der Waals surface area (Å²) in [6.07, 6.45) is 1.32. The molecule has 166 valence electrons. The largest absolute Gasteiger partial charge is 0.332 e. The van der Waals surface area contributed by atoms with E-state index in [1.807, 2.05) is 0 Å². The Balaban J connectivity index is 1.81. The lowest BCUT2D eigenvalue weighted by Crippen LogP contribution is -2.37. The fourth-order valence-corrected chi connectivity index (χ4v) is 4.75. The highest BCUT2D eigenvalue weighted by molar-refractivity contribution is 7.89. The van der Waals surface area contributed by atoms with Crippen molar-refractivity contribution in [2.24, 2.45) is 14.1 Å². The highest BCUT2D eigenvalue weighted by Crippen LogP contribution is 2.18. The second kappa shape index (κ2) is 8.47. The molecule has 1 aromatic carbocycles. The van der Waals surface area contributed by atoms with Gasteiger partial charge >= 0.3 is 5.69 Å². The lowest BCUT2D eigenvalue weighted by molar-refractivity contribution is -0.116. The first kappa shape index (κ1) is 22.4. The number of imidazole rings is 1. The third kappa shape index (κ3) is 4.03. The molecular formula is C19H24N6O5S. The molecule has 0 radical (unpaired) electrons. The van der Waals surface area contributed by atoms with Gasteiger partial charge in [-0.2, -0.15) is 4.31 Å². The Morgan fingerprint density at radius 3 is 2.26 bits per heavy atom. The fraction of sp³-hybridized carbons (Fsp3) is 0.368. The number of sulfonamides is 1. The summed E-state index contributed by atoms with van der Waals surface area (Å²) in [5.41, 5.74) is -0.318. The molecule has 0 atom stereocenters. The molecule has 11 nitrogen and oxygen atoms in total. The number of benzene rings is 1. The van der Waals surface area contributed by atoms with Crippen molar-refractivity contribution in [2.75, 3.05) is 18.4 Å². The monoisotopic (exact) mass is 448 g/mol. The number of aromatic nitrogens is 4. The van der Waals surface area contributed by atoms with E-state index in [0.29, 0.717) is 18.8 Å². The second-order valence-electron chi connectivity index (χ2n) is 6.91. The summed E-state index contributed by atoms with van der Waals surface area (Å²) in [5, 5.41) is 2.67. The normalized spacial score (nSPS) is 11.9. The van der Waals surface area contributed by atoms with Crippen LogP contribution in [0.4, 0.5) is 5.69 Å². The van der Waals surface area contributed by atoms with Crippen LogP contribution in [0.1, 0.15) is 13.8 Å². The zero-order chi connectivity index (χ0) is 22.9. The van der Waals surface area contributed by atoms with E-state index in [9.17, 15) is 22.8 Å². The van der Waals surface area contributed by atoms with Gasteiger partial charge < -0.3 is 9.88 Å². The number of nitrogens with one attached hydrogen (secondary N) is 1. The van der Waals surface area contributed by atoms with E-state index in [1.165, 1.54) is 58.1 Å².